The molecular weight excluding hydrogens is 312 g/mol. The third-order valence-electron chi connectivity index (χ3n) is 4.57. The molecule has 140 valence electrons. The number of aliphatic hydroxyl groups is 1. The summed E-state index contributed by atoms with van der Waals surface area (Å²) < 4.78 is 32.4. The lowest BCUT2D eigenvalue weighted by Gasteiger charge is -2.24. The van der Waals surface area contributed by atoms with E-state index < -0.39 is 15.1 Å². The minimum Gasteiger partial charge on any atom is -0.372 e. The second kappa shape index (κ2) is 13.2. The van der Waals surface area contributed by atoms with Gasteiger partial charge in [0.25, 0.3) is 10.1 Å². The van der Waals surface area contributed by atoms with Gasteiger partial charge in [-0.3, -0.25) is 4.55 Å². The molecule has 0 spiro atoms. The Balaban J connectivity index is 4.00. The number of unbranched alkanes of at least 4 members (excludes halogenated alkanes) is 11. The molecule has 0 amide bonds. The van der Waals surface area contributed by atoms with Gasteiger partial charge in [0.2, 0.25) is 0 Å². The standard InChI is InChI=1S/C18H38O4S/c1-3-5-7-9-10-11-13-15-17-18(19,23(20,21)22)16-14-12-8-6-4-2/h19H,3-17H2,1-2H3,(H,20,21,22). The van der Waals surface area contributed by atoms with Crippen LogP contribution < -0.4 is 0 Å². The minimum atomic E-state index is -4.41. The van der Waals surface area contributed by atoms with Crippen molar-refractivity contribution in [2.24, 2.45) is 0 Å². The van der Waals surface area contributed by atoms with Gasteiger partial charge in [0, 0.05) is 0 Å². The highest BCUT2D eigenvalue weighted by Gasteiger charge is 2.39. The van der Waals surface area contributed by atoms with Gasteiger partial charge in [-0.1, -0.05) is 84.5 Å². The van der Waals surface area contributed by atoms with Crippen LogP contribution in [0.25, 0.3) is 0 Å². The van der Waals surface area contributed by atoms with Crippen molar-refractivity contribution < 1.29 is 18.1 Å². The van der Waals surface area contributed by atoms with E-state index in [4.69, 9.17) is 0 Å². The van der Waals surface area contributed by atoms with Crippen molar-refractivity contribution in [1.29, 1.82) is 0 Å². The average Bonchev–Trinajstić information content (AvgIpc) is 2.48. The molecule has 4 nitrogen and oxygen atoms in total. The SMILES string of the molecule is CCCCCCCCCCC(O)(CCCCCCC)S(=O)(=O)O. The Labute approximate surface area is 143 Å². The summed E-state index contributed by atoms with van der Waals surface area (Å²) in [5.74, 6) is 0. The van der Waals surface area contributed by atoms with Crippen molar-refractivity contribution in [3.05, 3.63) is 0 Å². The summed E-state index contributed by atoms with van der Waals surface area (Å²) in [5.41, 5.74) is 0. The van der Waals surface area contributed by atoms with Crippen LogP contribution in [0.1, 0.15) is 110 Å². The van der Waals surface area contributed by atoms with E-state index in [0.29, 0.717) is 12.8 Å². The largest absolute Gasteiger partial charge is 0.372 e. The van der Waals surface area contributed by atoms with Crippen molar-refractivity contribution in [2.45, 2.75) is 115 Å². The second-order valence-electron chi connectivity index (χ2n) is 6.81. The van der Waals surface area contributed by atoms with Crippen molar-refractivity contribution in [3.63, 3.8) is 0 Å². The Bertz CT molecular complexity index is 367. The fourth-order valence-corrected chi connectivity index (χ4v) is 3.73. The van der Waals surface area contributed by atoms with Crippen molar-refractivity contribution in [2.75, 3.05) is 0 Å². The van der Waals surface area contributed by atoms with E-state index in [1.807, 2.05) is 0 Å². The topological polar surface area (TPSA) is 74.6 Å². The van der Waals surface area contributed by atoms with E-state index in [1.54, 1.807) is 0 Å². The van der Waals surface area contributed by atoms with Gasteiger partial charge in [0.05, 0.1) is 0 Å². The van der Waals surface area contributed by atoms with E-state index in [2.05, 4.69) is 13.8 Å². The first kappa shape index (κ1) is 22.9. The molecule has 0 aliphatic carbocycles. The number of hydrogen-bond donors (Lipinski definition) is 2. The van der Waals surface area contributed by atoms with E-state index in [0.717, 1.165) is 38.5 Å². The molecule has 0 saturated carbocycles. The Morgan fingerprint density at radius 1 is 0.652 bits per heavy atom. The van der Waals surface area contributed by atoms with E-state index in [1.165, 1.54) is 32.1 Å². The van der Waals surface area contributed by atoms with Crippen molar-refractivity contribution in [3.8, 4) is 0 Å². The predicted octanol–water partition coefficient (Wildman–Crippen LogP) is 5.45. The third kappa shape index (κ3) is 11.1. The summed E-state index contributed by atoms with van der Waals surface area (Å²) in [7, 11) is -4.41. The first-order valence-corrected chi connectivity index (χ1v) is 11.0. The van der Waals surface area contributed by atoms with E-state index >= 15 is 0 Å². The Morgan fingerprint density at radius 2 is 0.957 bits per heavy atom. The fraction of sp³-hybridized carbons (Fsp3) is 1.00. The van der Waals surface area contributed by atoms with Gasteiger partial charge in [-0.05, 0) is 25.7 Å². The molecule has 2 N–H and O–H groups in total. The lowest BCUT2D eigenvalue weighted by atomic mass is 10.0. The van der Waals surface area contributed by atoms with Crippen LogP contribution in [-0.4, -0.2) is 23.0 Å². The van der Waals surface area contributed by atoms with Crippen LogP contribution >= 0.6 is 0 Å². The van der Waals surface area contributed by atoms with Gasteiger partial charge >= 0.3 is 0 Å². The van der Waals surface area contributed by atoms with Crippen LogP contribution in [-0.2, 0) is 10.1 Å². The van der Waals surface area contributed by atoms with Crippen LogP contribution in [0.4, 0.5) is 0 Å². The van der Waals surface area contributed by atoms with Crippen molar-refractivity contribution in [1.82, 2.24) is 0 Å². The highest BCUT2D eigenvalue weighted by Crippen LogP contribution is 2.28. The zero-order chi connectivity index (χ0) is 17.6. The van der Waals surface area contributed by atoms with Gasteiger partial charge in [0.15, 0.2) is 4.93 Å². The molecule has 0 radical (unpaired) electrons. The Morgan fingerprint density at radius 3 is 1.26 bits per heavy atom. The lowest BCUT2D eigenvalue weighted by molar-refractivity contribution is 0.0884. The zero-order valence-electron chi connectivity index (χ0n) is 15.2. The third-order valence-corrected chi connectivity index (χ3v) is 5.94. The molecule has 0 aromatic carbocycles. The summed E-state index contributed by atoms with van der Waals surface area (Å²) in [4.78, 5) is -1.94. The molecule has 0 aliphatic rings. The molecule has 0 aromatic rings. The van der Waals surface area contributed by atoms with E-state index in [9.17, 15) is 18.1 Å². The summed E-state index contributed by atoms with van der Waals surface area (Å²) in [6.45, 7) is 4.31. The Hall–Kier alpha value is -0.130. The fourth-order valence-electron chi connectivity index (χ4n) is 2.92. The van der Waals surface area contributed by atoms with Crippen LogP contribution in [0, 0.1) is 0 Å². The van der Waals surface area contributed by atoms with Gasteiger partial charge in [-0.15, -0.1) is 0 Å². The minimum absolute atomic E-state index is 0.145. The smallest absolute Gasteiger partial charge is 0.294 e. The molecule has 0 rings (SSSR count). The highest BCUT2D eigenvalue weighted by molar-refractivity contribution is 7.87. The van der Waals surface area contributed by atoms with Gasteiger partial charge in [-0.2, -0.15) is 8.42 Å². The molecule has 0 heterocycles. The first-order valence-electron chi connectivity index (χ1n) is 9.56. The maximum Gasteiger partial charge on any atom is 0.294 e. The summed E-state index contributed by atoms with van der Waals surface area (Å²) in [5, 5.41) is 10.3. The van der Waals surface area contributed by atoms with Gasteiger partial charge in [-0.25, -0.2) is 0 Å². The number of rotatable bonds is 16. The second-order valence-corrected chi connectivity index (χ2v) is 8.52. The van der Waals surface area contributed by atoms with Crippen LogP contribution in [0.3, 0.4) is 0 Å². The normalized spacial score (nSPS) is 14.8. The zero-order valence-corrected chi connectivity index (χ0v) is 16.0. The van der Waals surface area contributed by atoms with Gasteiger partial charge in [0.1, 0.15) is 0 Å². The molecule has 5 heteroatoms. The molecule has 0 aliphatic heterocycles. The quantitative estimate of drug-likeness (QED) is 0.286. The van der Waals surface area contributed by atoms with Crippen molar-refractivity contribution >= 4 is 10.1 Å². The maximum atomic E-state index is 11.5. The van der Waals surface area contributed by atoms with Crippen LogP contribution in [0.15, 0.2) is 0 Å². The van der Waals surface area contributed by atoms with Gasteiger partial charge < -0.3 is 5.11 Å². The molecule has 1 unspecified atom stereocenters. The summed E-state index contributed by atoms with van der Waals surface area (Å²) >= 11 is 0. The van der Waals surface area contributed by atoms with E-state index in [-0.39, 0.29) is 12.8 Å². The first-order chi connectivity index (χ1) is 10.9. The average molecular weight is 351 g/mol. The lowest BCUT2D eigenvalue weighted by Crippen LogP contribution is -2.38. The Kier molecular flexibility index (Phi) is 13.1. The predicted molar refractivity (Wildman–Crippen MR) is 97.1 cm³/mol. The molecule has 1 atom stereocenters. The molecule has 0 aromatic heterocycles. The van der Waals surface area contributed by atoms with Crippen LogP contribution in [0.5, 0.6) is 0 Å². The summed E-state index contributed by atoms with van der Waals surface area (Å²) in [6.07, 6.45) is 14.0. The molecule has 0 fully saturated rings. The monoisotopic (exact) mass is 350 g/mol. The molecule has 23 heavy (non-hydrogen) atoms. The highest BCUT2D eigenvalue weighted by atomic mass is 32.2. The molecular formula is C18H38O4S. The number of hydrogen-bond acceptors (Lipinski definition) is 3. The summed E-state index contributed by atoms with van der Waals surface area (Å²) in [6, 6.07) is 0. The maximum absolute atomic E-state index is 11.5. The van der Waals surface area contributed by atoms with Crippen LogP contribution in [0.2, 0.25) is 0 Å². The molecule has 0 bridgehead atoms. The molecule has 0 saturated heterocycles.